The number of hydrogen-bond acceptors (Lipinski definition) is 5. The average Bonchev–Trinajstić information content (AvgIpc) is 2.46. The zero-order valence-corrected chi connectivity index (χ0v) is 13.5. The lowest BCUT2D eigenvalue weighted by Crippen LogP contribution is -2.48. The first-order valence-corrected chi connectivity index (χ1v) is 7.60. The molecule has 1 fully saturated rings. The maximum atomic E-state index is 4.31. The van der Waals surface area contributed by atoms with Crippen LogP contribution in [0.5, 0.6) is 0 Å². The van der Waals surface area contributed by atoms with E-state index in [9.17, 15) is 0 Å². The third-order valence-electron chi connectivity index (χ3n) is 3.52. The van der Waals surface area contributed by atoms with Crippen molar-refractivity contribution in [1.82, 2.24) is 20.2 Å². The van der Waals surface area contributed by atoms with Crippen molar-refractivity contribution in [2.75, 3.05) is 44.2 Å². The lowest BCUT2D eigenvalue weighted by atomic mass is 10.1. The highest BCUT2D eigenvalue weighted by molar-refractivity contribution is 5.29. The molecule has 5 nitrogen and oxygen atoms in total. The molecule has 1 aromatic heterocycles. The fraction of sp³-hybridized carbons (Fsp3) is 0.625. The van der Waals surface area contributed by atoms with Crippen LogP contribution in [0.25, 0.3) is 0 Å². The molecule has 0 radical (unpaired) electrons. The molecule has 5 heteroatoms. The minimum absolute atomic E-state index is 0.145. The number of hydrogen-bond donors (Lipinski definition) is 1. The molecular weight excluding hydrogens is 262 g/mol. The predicted octanol–water partition coefficient (Wildman–Crippen LogP) is 1.54. The summed E-state index contributed by atoms with van der Waals surface area (Å²) >= 11 is 0. The van der Waals surface area contributed by atoms with Crippen LogP contribution >= 0.6 is 0 Å². The molecule has 0 aliphatic carbocycles. The van der Waals surface area contributed by atoms with E-state index in [0.717, 1.165) is 45.2 Å². The van der Waals surface area contributed by atoms with Crippen LogP contribution in [0.3, 0.4) is 0 Å². The molecule has 0 saturated carbocycles. The van der Waals surface area contributed by atoms with Crippen molar-refractivity contribution in [3.05, 3.63) is 30.6 Å². The maximum Gasteiger partial charge on any atom is 0.225 e. The van der Waals surface area contributed by atoms with Crippen LogP contribution in [0.2, 0.25) is 0 Å². The van der Waals surface area contributed by atoms with E-state index in [1.54, 1.807) is 12.4 Å². The van der Waals surface area contributed by atoms with Crippen molar-refractivity contribution in [2.24, 2.45) is 0 Å². The predicted molar refractivity (Wildman–Crippen MR) is 87.6 cm³/mol. The molecule has 0 unspecified atom stereocenters. The summed E-state index contributed by atoms with van der Waals surface area (Å²) in [5, 5.41) is 3.49. The molecule has 2 heterocycles. The normalized spacial score (nSPS) is 17.0. The van der Waals surface area contributed by atoms with Gasteiger partial charge in [0.05, 0.1) is 0 Å². The lowest BCUT2D eigenvalue weighted by molar-refractivity contribution is 0.273. The summed E-state index contributed by atoms with van der Waals surface area (Å²) in [6, 6.07) is 1.85. The van der Waals surface area contributed by atoms with Gasteiger partial charge in [0.25, 0.3) is 0 Å². The number of anilines is 1. The van der Waals surface area contributed by atoms with Gasteiger partial charge in [-0.1, -0.05) is 6.58 Å². The Labute approximate surface area is 128 Å². The standard InChI is InChI=1S/C16H27N5/c1-14(12-19-16(2,3)4)13-20-8-10-21(11-9-20)15-17-6-5-7-18-15/h5-7,19H,1,8-13H2,2-4H3. The van der Waals surface area contributed by atoms with Crippen LogP contribution in [-0.2, 0) is 0 Å². The van der Waals surface area contributed by atoms with E-state index in [-0.39, 0.29) is 5.54 Å². The van der Waals surface area contributed by atoms with Crippen molar-refractivity contribution in [1.29, 1.82) is 0 Å². The third kappa shape index (κ3) is 5.44. The number of piperazine rings is 1. The highest BCUT2D eigenvalue weighted by Crippen LogP contribution is 2.10. The van der Waals surface area contributed by atoms with Gasteiger partial charge >= 0.3 is 0 Å². The van der Waals surface area contributed by atoms with E-state index in [0.29, 0.717) is 0 Å². The second-order valence-corrected chi connectivity index (χ2v) is 6.67. The van der Waals surface area contributed by atoms with Crippen LogP contribution in [0.15, 0.2) is 30.6 Å². The fourth-order valence-electron chi connectivity index (χ4n) is 2.32. The second-order valence-electron chi connectivity index (χ2n) is 6.67. The lowest BCUT2D eigenvalue weighted by Gasteiger charge is -2.35. The molecule has 1 aliphatic heterocycles. The Morgan fingerprint density at radius 3 is 2.38 bits per heavy atom. The van der Waals surface area contributed by atoms with Gasteiger partial charge in [0.1, 0.15) is 0 Å². The molecule has 0 spiro atoms. The Bertz CT molecular complexity index is 443. The first kappa shape index (κ1) is 15.9. The van der Waals surface area contributed by atoms with Gasteiger partial charge in [-0.05, 0) is 32.4 Å². The summed E-state index contributed by atoms with van der Waals surface area (Å²) in [5.41, 5.74) is 1.39. The Hall–Kier alpha value is -1.46. The van der Waals surface area contributed by atoms with E-state index in [1.807, 2.05) is 6.07 Å². The van der Waals surface area contributed by atoms with E-state index in [1.165, 1.54) is 5.57 Å². The van der Waals surface area contributed by atoms with Crippen molar-refractivity contribution in [3.63, 3.8) is 0 Å². The molecule has 0 bridgehead atoms. The van der Waals surface area contributed by atoms with E-state index in [2.05, 4.69) is 52.4 Å². The zero-order chi connectivity index (χ0) is 15.3. The van der Waals surface area contributed by atoms with Gasteiger partial charge in [-0.25, -0.2) is 9.97 Å². The third-order valence-corrected chi connectivity index (χ3v) is 3.52. The molecule has 0 atom stereocenters. The monoisotopic (exact) mass is 289 g/mol. The molecule has 116 valence electrons. The van der Waals surface area contributed by atoms with Gasteiger partial charge in [-0.2, -0.15) is 0 Å². The van der Waals surface area contributed by atoms with E-state index >= 15 is 0 Å². The van der Waals surface area contributed by atoms with Gasteiger partial charge in [-0.15, -0.1) is 0 Å². The number of rotatable bonds is 5. The summed E-state index contributed by atoms with van der Waals surface area (Å²) in [6.45, 7) is 16.6. The number of aromatic nitrogens is 2. The Kier molecular flexibility index (Phi) is 5.31. The first-order valence-electron chi connectivity index (χ1n) is 7.60. The molecule has 1 aromatic rings. The Morgan fingerprint density at radius 1 is 1.19 bits per heavy atom. The summed E-state index contributed by atoms with van der Waals surface area (Å²) < 4.78 is 0. The Balaban J connectivity index is 1.73. The minimum atomic E-state index is 0.145. The van der Waals surface area contributed by atoms with Crippen LogP contribution in [0, 0.1) is 0 Å². The molecule has 1 N–H and O–H groups in total. The maximum absolute atomic E-state index is 4.31. The SMILES string of the molecule is C=C(CNC(C)(C)C)CN1CCN(c2ncccn2)CC1. The van der Waals surface area contributed by atoms with Crippen molar-refractivity contribution in [3.8, 4) is 0 Å². The zero-order valence-electron chi connectivity index (χ0n) is 13.5. The summed E-state index contributed by atoms with van der Waals surface area (Å²) in [6.07, 6.45) is 3.60. The van der Waals surface area contributed by atoms with Crippen molar-refractivity contribution in [2.45, 2.75) is 26.3 Å². The first-order chi connectivity index (χ1) is 9.94. The highest BCUT2D eigenvalue weighted by atomic mass is 15.3. The molecule has 2 rings (SSSR count). The average molecular weight is 289 g/mol. The van der Waals surface area contributed by atoms with Crippen molar-refractivity contribution >= 4 is 5.95 Å². The molecular formula is C16H27N5. The molecule has 1 aliphatic rings. The second kappa shape index (κ2) is 7.00. The van der Waals surface area contributed by atoms with E-state index < -0.39 is 0 Å². The Morgan fingerprint density at radius 2 is 1.81 bits per heavy atom. The molecule has 1 saturated heterocycles. The fourth-order valence-corrected chi connectivity index (χ4v) is 2.32. The topological polar surface area (TPSA) is 44.3 Å². The largest absolute Gasteiger partial charge is 0.338 e. The van der Waals surface area contributed by atoms with Crippen LogP contribution < -0.4 is 10.2 Å². The van der Waals surface area contributed by atoms with Gasteiger partial charge < -0.3 is 10.2 Å². The van der Waals surface area contributed by atoms with Gasteiger partial charge in [0.2, 0.25) is 5.95 Å². The van der Waals surface area contributed by atoms with Gasteiger partial charge in [0.15, 0.2) is 0 Å². The van der Waals surface area contributed by atoms with Crippen molar-refractivity contribution < 1.29 is 0 Å². The van der Waals surface area contributed by atoms with Gasteiger partial charge in [-0.3, -0.25) is 4.90 Å². The smallest absolute Gasteiger partial charge is 0.225 e. The van der Waals surface area contributed by atoms with Gasteiger partial charge in [0, 0.05) is 57.2 Å². The quantitative estimate of drug-likeness (QED) is 0.833. The van der Waals surface area contributed by atoms with Crippen LogP contribution in [0.4, 0.5) is 5.95 Å². The van der Waals surface area contributed by atoms with E-state index in [4.69, 9.17) is 0 Å². The van der Waals surface area contributed by atoms with Crippen LogP contribution in [0.1, 0.15) is 20.8 Å². The molecule has 21 heavy (non-hydrogen) atoms. The summed E-state index contributed by atoms with van der Waals surface area (Å²) in [5.74, 6) is 0.838. The number of nitrogens with one attached hydrogen (secondary N) is 1. The number of nitrogens with zero attached hydrogens (tertiary/aromatic N) is 4. The van der Waals surface area contributed by atoms with Crippen LogP contribution in [-0.4, -0.2) is 59.7 Å². The minimum Gasteiger partial charge on any atom is -0.338 e. The molecule has 0 aromatic carbocycles. The summed E-state index contributed by atoms with van der Waals surface area (Å²) in [4.78, 5) is 13.3. The molecule has 0 amide bonds. The summed E-state index contributed by atoms with van der Waals surface area (Å²) in [7, 11) is 0. The highest BCUT2D eigenvalue weighted by Gasteiger charge is 2.19.